The Morgan fingerprint density at radius 3 is 2.68 bits per heavy atom. The van der Waals surface area contributed by atoms with E-state index in [1.807, 2.05) is 13.8 Å². The smallest absolute Gasteiger partial charge is 0.327 e. The molecule has 19 heavy (non-hydrogen) atoms. The van der Waals surface area contributed by atoms with Crippen LogP contribution in [0.1, 0.15) is 20.3 Å². The van der Waals surface area contributed by atoms with Crippen molar-refractivity contribution in [3.8, 4) is 0 Å². The quantitative estimate of drug-likeness (QED) is 0.803. The predicted molar refractivity (Wildman–Crippen MR) is 70.6 cm³/mol. The van der Waals surface area contributed by atoms with Crippen molar-refractivity contribution >= 4 is 29.5 Å². The number of hydrogen-bond donors (Lipinski definition) is 1. The molecule has 3 unspecified atom stereocenters. The van der Waals surface area contributed by atoms with Gasteiger partial charge in [-0.1, -0.05) is 0 Å². The highest BCUT2D eigenvalue weighted by atomic mass is 32.2. The maximum atomic E-state index is 12.5. The first-order chi connectivity index (χ1) is 8.95. The molecule has 7 heteroatoms. The van der Waals surface area contributed by atoms with Crippen LogP contribution >= 0.6 is 11.8 Å². The highest BCUT2D eigenvalue weighted by Crippen LogP contribution is 2.32. The number of carboxylic acids is 1. The first-order valence-corrected chi connectivity index (χ1v) is 7.45. The molecule has 0 aromatic rings. The van der Waals surface area contributed by atoms with Crippen LogP contribution in [0, 0.1) is 5.92 Å². The lowest BCUT2D eigenvalue weighted by atomic mass is 10.1. The summed E-state index contributed by atoms with van der Waals surface area (Å²) in [5.41, 5.74) is 0. The molecular formula is C12H18N2O4S. The van der Waals surface area contributed by atoms with Crippen molar-refractivity contribution in [2.75, 3.05) is 18.8 Å². The lowest BCUT2D eigenvalue weighted by Crippen LogP contribution is -2.47. The van der Waals surface area contributed by atoms with Crippen molar-refractivity contribution in [2.45, 2.75) is 31.7 Å². The van der Waals surface area contributed by atoms with Gasteiger partial charge in [0.25, 0.3) is 0 Å². The fraction of sp³-hybridized carbons (Fsp3) is 0.750. The zero-order valence-electron chi connectivity index (χ0n) is 11.0. The molecule has 2 rings (SSSR count). The van der Waals surface area contributed by atoms with Gasteiger partial charge < -0.3 is 14.9 Å². The molecule has 0 radical (unpaired) electrons. The molecule has 0 bridgehead atoms. The van der Waals surface area contributed by atoms with Crippen LogP contribution in [0.15, 0.2) is 0 Å². The Balaban J connectivity index is 2.11. The third kappa shape index (κ3) is 2.56. The van der Waals surface area contributed by atoms with Crippen molar-refractivity contribution in [3.63, 3.8) is 0 Å². The second kappa shape index (κ2) is 5.40. The molecule has 0 aromatic heterocycles. The summed E-state index contributed by atoms with van der Waals surface area (Å²) in [5, 5.41) is 9.02. The summed E-state index contributed by atoms with van der Waals surface area (Å²) in [7, 11) is 0. The van der Waals surface area contributed by atoms with Gasteiger partial charge in [-0.05, 0) is 13.8 Å². The normalized spacial score (nSPS) is 31.1. The van der Waals surface area contributed by atoms with E-state index in [9.17, 15) is 14.4 Å². The summed E-state index contributed by atoms with van der Waals surface area (Å²) in [6.07, 6.45) is 0.201. The van der Waals surface area contributed by atoms with Gasteiger partial charge >= 0.3 is 5.97 Å². The molecule has 0 aliphatic carbocycles. The molecule has 0 aromatic carbocycles. The molecular weight excluding hydrogens is 268 g/mol. The van der Waals surface area contributed by atoms with Crippen molar-refractivity contribution in [3.05, 3.63) is 0 Å². The number of carbonyl (C=O) groups is 3. The highest BCUT2D eigenvalue weighted by Gasteiger charge is 2.44. The zero-order chi connectivity index (χ0) is 14.2. The lowest BCUT2D eigenvalue weighted by molar-refractivity contribution is -0.150. The summed E-state index contributed by atoms with van der Waals surface area (Å²) >= 11 is 1.46. The van der Waals surface area contributed by atoms with Crippen molar-refractivity contribution < 1.29 is 19.5 Å². The van der Waals surface area contributed by atoms with Gasteiger partial charge in [0.05, 0.1) is 11.3 Å². The van der Waals surface area contributed by atoms with Gasteiger partial charge in [0.1, 0.15) is 6.04 Å². The first kappa shape index (κ1) is 14.2. The van der Waals surface area contributed by atoms with Crippen LogP contribution in [-0.4, -0.2) is 62.9 Å². The van der Waals surface area contributed by atoms with Gasteiger partial charge in [0.15, 0.2) is 0 Å². The Morgan fingerprint density at radius 1 is 1.47 bits per heavy atom. The zero-order valence-corrected chi connectivity index (χ0v) is 11.9. The average molecular weight is 286 g/mol. The maximum absolute atomic E-state index is 12.5. The molecule has 2 heterocycles. The molecule has 2 fully saturated rings. The van der Waals surface area contributed by atoms with E-state index in [0.29, 0.717) is 18.8 Å². The second-order valence-corrected chi connectivity index (χ2v) is 6.21. The molecule has 6 nitrogen and oxygen atoms in total. The summed E-state index contributed by atoms with van der Waals surface area (Å²) in [5.74, 6) is -1.17. The second-order valence-electron chi connectivity index (χ2n) is 4.87. The summed E-state index contributed by atoms with van der Waals surface area (Å²) in [6, 6.07) is -0.765. The molecule has 2 aliphatic heterocycles. The van der Waals surface area contributed by atoms with Gasteiger partial charge in [-0.3, -0.25) is 9.59 Å². The van der Waals surface area contributed by atoms with Crippen LogP contribution in [0.25, 0.3) is 0 Å². The minimum absolute atomic E-state index is 0.0211. The van der Waals surface area contributed by atoms with E-state index in [2.05, 4.69) is 0 Å². The number of aliphatic carboxylic acids is 1. The fourth-order valence-electron chi connectivity index (χ4n) is 2.62. The van der Waals surface area contributed by atoms with E-state index in [-0.39, 0.29) is 23.6 Å². The van der Waals surface area contributed by atoms with Crippen molar-refractivity contribution in [1.29, 1.82) is 0 Å². The van der Waals surface area contributed by atoms with Gasteiger partial charge in [-0.2, -0.15) is 0 Å². The fourth-order valence-corrected chi connectivity index (χ4v) is 3.80. The topological polar surface area (TPSA) is 77.9 Å². The highest BCUT2D eigenvalue weighted by molar-refractivity contribution is 8.00. The van der Waals surface area contributed by atoms with Gasteiger partial charge in [-0.15, -0.1) is 11.8 Å². The Hall–Kier alpha value is -1.24. The number of likely N-dealkylation sites (tertiary alicyclic amines) is 1. The van der Waals surface area contributed by atoms with Gasteiger partial charge in [-0.25, -0.2) is 4.79 Å². The summed E-state index contributed by atoms with van der Waals surface area (Å²) in [6.45, 7) is 4.71. The molecule has 2 aliphatic rings. The SMILES string of the molecule is CCN1CC(C(=O)N2C(C)SCC2C(=O)O)CC1=O. The lowest BCUT2D eigenvalue weighted by Gasteiger charge is -2.27. The minimum Gasteiger partial charge on any atom is -0.480 e. The molecule has 2 saturated heterocycles. The Labute approximate surface area is 116 Å². The van der Waals surface area contributed by atoms with Crippen LogP contribution in [0.4, 0.5) is 0 Å². The maximum Gasteiger partial charge on any atom is 0.327 e. The number of amides is 2. The van der Waals surface area contributed by atoms with E-state index in [0.717, 1.165) is 0 Å². The molecule has 3 atom stereocenters. The van der Waals surface area contributed by atoms with Gasteiger partial charge in [0, 0.05) is 25.3 Å². The molecule has 0 spiro atoms. The number of thioether (sulfide) groups is 1. The summed E-state index contributed by atoms with van der Waals surface area (Å²) < 4.78 is 0. The van der Waals surface area contributed by atoms with E-state index in [1.165, 1.54) is 16.7 Å². The summed E-state index contributed by atoms with van der Waals surface area (Å²) in [4.78, 5) is 38.4. The van der Waals surface area contributed by atoms with Crippen LogP contribution < -0.4 is 0 Å². The number of nitrogens with zero attached hydrogens (tertiary/aromatic N) is 2. The molecule has 0 saturated carbocycles. The Morgan fingerprint density at radius 2 is 2.16 bits per heavy atom. The van der Waals surface area contributed by atoms with Crippen LogP contribution in [0.3, 0.4) is 0 Å². The number of carboxylic acid groups (broad SMARTS) is 1. The third-order valence-corrected chi connectivity index (χ3v) is 4.93. The van der Waals surface area contributed by atoms with Crippen molar-refractivity contribution in [2.24, 2.45) is 5.92 Å². The molecule has 106 valence electrons. The van der Waals surface area contributed by atoms with Gasteiger partial charge in [0.2, 0.25) is 11.8 Å². The third-order valence-electron chi connectivity index (χ3n) is 3.71. The van der Waals surface area contributed by atoms with E-state index in [1.54, 1.807) is 4.90 Å². The van der Waals surface area contributed by atoms with E-state index in [4.69, 9.17) is 5.11 Å². The minimum atomic E-state index is -0.970. The number of carbonyl (C=O) groups excluding carboxylic acids is 2. The standard InChI is InChI=1S/C12H18N2O4S/c1-3-13-5-8(4-10(13)15)11(16)14-7(2)19-6-9(14)12(17)18/h7-9H,3-6H2,1-2H3,(H,17,18). The molecule has 1 N–H and O–H groups in total. The van der Waals surface area contributed by atoms with E-state index >= 15 is 0 Å². The van der Waals surface area contributed by atoms with E-state index < -0.39 is 17.9 Å². The number of rotatable bonds is 3. The van der Waals surface area contributed by atoms with Crippen LogP contribution in [0.2, 0.25) is 0 Å². The predicted octanol–water partition coefficient (Wildman–Crippen LogP) is 0.229. The average Bonchev–Trinajstić information content (AvgIpc) is 2.91. The van der Waals surface area contributed by atoms with Crippen molar-refractivity contribution in [1.82, 2.24) is 9.80 Å². The molecule has 2 amide bonds. The largest absolute Gasteiger partial charge is 0.480 e. The van der Waals surface area contributed by atoms with Crippen LogP contribution in [-0.2, 0) is 14.4 Å². The first-order valence-electron chi connectivity index (χ1n) is 6.40. The monoisotopic (exact) mass is 286 g/mol. The van der Waals surface area contributed by atoms with Crippen LogP contribution in [0.5, 0.6) is 0 Å². The number of hydrogen-bond acceptors (Lipinski definition) is 4. The Bertz CT molecular complexity index is 415. The Kier molecular flexibility index (Phi) is 4.03.